The second-order valence-electron chi connectivity index (χ2n) is 7.42. The number of imidazole rings is 1. The maximum Gasteiger partial charge on any atom is 0.241 e. The van der Waals surface area contributed by atoms with E-state index in [2.05, 4.69) is 27.4 Å². The Balaban J connectivity index is 1.44. The first-order valence-electron chi connectivity index (χ1n) is 9.71. The molecule has 1 aromatic heterocycles. The van der Waals surface area contributed by atoms with Crippen molar-refractivity contribution >= 4 is 11.6 Å². The van der Waals surface area contributed by atoms with E-state index in [1.807, 2.05) is 72.0 Å². The molecule has 6 nitrogen and oxygen atoms in total. The molecule has 6 heteroatoms. The quantitative estimate of drug-likeness (QED) is 0.677. The van der Waals surface area contributed by atoms with Crippen molar-refractivity contribution in [3.8, 4) is 6.07 Å². The van der Waals surface area contributed by atoms with Gasteiger partial charge in [-0.2, -0.15) is 5.26 Å². The third-order valence-electron chi connectivity index (χ3n) is 5.38. The van der Waals surface area contributed by atoms with Crippen LogP contribution in [0.1, 0.15) is 23.7 Å². The van der Waals surface area contributed by atoms with E-state index in [1.54, 1.807) is 0 Å². The van der Waals surface area contributed by atoms with Crippen LogP contribution < -0.4 is 4.90 Å². The SMILES string of the molecule is C[C@H]1CN(c2ccccc2)C(=O)CN1Cc1cncn1Cc1ccc(C#N)cc1. The fourth-order valence-electron chi connectivity index (χ4n) is 3.68. The van der Waals surface area contributed by atoms with Crippen LogP contribution in [0, 0.1) is 11.3 Å². The van der Waals surface area contributed by atoms with Crippen LogP contribution in [0.4, 0.5) is 5.69 Å². The molecule has 1 aliphatic rings. The molecule has 1 fully saturated rings. The van der Waals surface area contributed by atoms with Gasteiger partial charge in [0, 0.05) is 37.6 Å². The van der Waals surface area contributed by atoms with Crippen molar-refractivity contribution in [2.45, 2.75) is 26.1 Å². The molecular formula is C23H23N5O. The van der Waals surface area contributed by atoms with E-state index < -0.39 is 0 Å². The number of benzene rings is 2. The van der Waals surface area contributed by atoms with Crippen molar-refractivity contribution in [3.05, 3.63) is 83.9 Å². The lowest BCUT2D eigenvalue weighted by atomic mass is 10.1. The van der Waals surface area contributed by atoms with Crippen LogP contribution in [0.15, 0.2) is 67.1 Å². The van der Waals surface area contributed by atoms with Gasteiger partial charge in [0.25, 0.3) is 0 Å². The zero-order valence-electron chi connectivity index (χ0n) is 16.4. The number of aromatic nitrogens is 2. The standard InChI is InChI=1S/C23H23N5O/c1-18-13-28(21-5-3-2-4-6-21)23(29)16-26(18)15-22-12-25-17-27(22)14-20-9-7-19(11-24)8-10-20/h2-10,12,17-18H,13-16H2,1H3/t18-/m0/s1. The molecule has 146 valence electrons. The molecule has 1 atom stereocenters. The van der Waals surface area contributed by atoms with Crippen molar-refractivity contribution in [1.82, 2.24) is 14.5 Å². The molecule has 0 saturated carbocycles. The molecule has 1 aliphatic heterocycles. The maximum atomic E-state index is 12.8. The predicted molar refractivity (Wildman–Crippen MR) is 111 cm³/mol. The van der Waals surface area contributed by atoms with Gasteiger partial charge in [-0.1, -0.05) is 30.3 Å². The average molecular weight is 385 g/mol. The largest absolute Gasteiger partial charge is 0.329 e. The van der Waals surface area contributed by atoms with Gasteiger partial charge in [0.05, 0.1) is 30.2 Å². The molecule has 0 radical (unpaired) electrons. The Hall–Kier alpha value is -3.43. The first kappa shape index (κ1) is 18.9. The number of anilines is 1. The van der Waals surface area contributed by atoms with E-state index in [1.165, 1.54) is 0 Å². The van der Waals surface area contributed by atoms with Crippen molar-refractivity contribution in [3.63, 3.8) is 0 Å². The van der Waals surface area contributed by atoms with Crippen LogP contribution in [-0.4, -0.2) is 39.5 Å². The number of rotatable bonds is 5. The van der Waals surface area contributed by atoms with Gasteiger partial charge in [-0.25, -0.2) is 4.98 Å². The number of nitrogens with zero attached hydrogens (tertiary/aromatic N) is 5. The zero-order chi connectivity index (χ0) is 20.2. The second-order valence-corrected chi connectivity index (χ2v) is 7.42. The van der Waals surface area contributed by atoms with Gasteiger partial charge >= 0.3 is 0 Å². The molecule has 0 aliphatic carbocycles. The van der Waals surface area contributed by atoms with Gasteiger partial charge in [-0.05, 0) is 36.8 Å². The first-order chi connectivity index (χ1) is 14.1. The average Bonchev–Trinajstić information content (AvgIpc) is 3.18. The summed E-state index contributed by atoms with van der Waals surface area (Å²) in [7, 11) is 0. The first-order valence-corrected chi connectivity index (χ1v) is 9.71. The van der Waals surface area contributed by atoms with Gasteiger partial charge in [-0.15, -0.1) is 0 Å². The number of amides is 1. The lowest BCUT2D eigenvalue weighted by Gasteiger charge is -2.39. The van der Waals surface area contributed by atoms with E-state index in [4.69, 9.17) is 5.26 Å². The highest BCUT2D eigenvalue weighted by atomic mass is 16.2. The minimum Gasteiger partial charge on any atom is -0.329 e. The highest BCUT2D eigenvalue weighted by molar-refractivity contribution is 5.95. The minimum atomic E-state index is 0.118. The Kier molecular flexibility index (Phi) is 5.41. The summed E-state index contributed by atoms with van der Waals surface area (Å²) in [4.78, 5) is 21.1. The van der Waals surface area contributed by atoms with Crippen LogP contribution in [-0.2, 0) is 17.9 Å². The molecule has 29 heavy (non-hydrogen) atoms. The van der Waals surface area contributed by atoms with Gasteiger partial charge < -0.3 is 9.47 Å². The molecule has 2 heterocycles. The zero-order valence-corrected chi connectivity index (χ0v) is 16.4. The summed E-state index contributed by atoms with van der Waals surface area (Å²) in [6, 6.07) is 19.8. The third kappa shape index (κ3) is 4.20. The van der Waals surface area contributed by atoms with Crippen molar-refractivity contribution in [2.75, 3.05) is 18.0 Å². The van der Waals surface area contributed by atoms with Gasteiger partial charge in [0.15, 0.2) is 0 Å². The Labute approximate surface area is 170 Å². The number of hydrogen-bond donors (Lipinski definition) is 0. The van der Waals surface area contributed by atoms with Gasteiger partial charge in [-0.3, -0.25) is 9.69 Å². The second kappa shape index (κ2) is 8.29. The Morgan fingerprint density at radius 3 is 2.59 bits per heavy atom. The molecule has 4 rings (SSSR count). The molecule has 0 bridgehead atoms. The number of hydrogen-bond acceptors (Lipinski definition) is 4. The summed E-state index contributed by atoms with van der Waals surface area (Å²) in [5.74, 6) is 0.118. The van der Waals surface area contributed by atoms with E-state index in [0.29, 0.717) is 31.7 Å². The third-order valence-corrected chi connectivity index (χ3v) is 5.38. The highest BCUT2D eigenvalue weighted by Gasteiger charge is 2.30. The Morgan fingerprint density at radius 2 is 1.86 bits per heavy atom. The van der Waals surface area contributed by atoms with E-state index >= 15 is 0 Å². The van der Waals surface area contributed by atoms with E-state index in [0.717, 1.165) is 16.9 Å². The molecule has 1 saturated heterocycles. The summed E-state index contributed by atoms with van der Waals surface area (Å²) in [6.45, 7) is 4.58. The minimum absolute atomic E-state index is 0.118. The lowest BCUT2D eigenvalue weighted by Crippen LogP contribution is -2.55. The summed E-state index contributed by atoms with van der Waals surface area (Å²) in [6.07, 6.45) is 3.69. The highest BCUT2D eigenvalue weighted by Crippen LogP contribution is 2.21. The molecular weight excluding hydrogens is 362 g/mol. The Morgan fingerprint density at radius 1 is 1.10 bits per heavy atom. The number of para-hydroxylation sites is 1. The molecule has 0 unspecified atom stereocenters. The topological polar surface area (TPSA) is 65.2 Å². The molecule has 1 amide bonds. The Bertz CT molecular complexity index is 1020. The smallest absolute Gasteiger partial charge is 0.241 e. The molecule has 0 spiro atoms. The predicted octanol–water partition coefficient (Wildman–Crippen LogP) is 3.04. The molecule has 2 aromatic carbocycles. The number of nitriles is 1. The number of carbonyl (C=O) groups is 1. The molecule has 3 aromatic rings. The summed E-state index contributed by atoms with van der Waals surface area (Å²) in [5, 5.41) is 8.95. The van der Waals surface area contributed by atoms with Crippen LogP contribution >= 0.6 is 0 Å². The fraction of sp³-hybridized carbons (Fsp3) is 0.261. The van der Waals surface area contributed by atoms with Crippen LogP contribution in [0.5, 0.6) is 0 Å². The van der Waals surface area contributed by atoms with Gasteiger partial charge in [0.1, 0.15) is 0 Å². The van der Waals surface area contributed by atoms with Crippen molar-refractivity contribution in [1.29, 1.82) is 5.26 Å². The summed E-state index contributed by atoms with van der Waals surface area (Å²) in [5.41, 5.74) is 3.79. The van der Waals surface area contributed by atoms with Crippen LogP contribution in [0.25, 0.3) is 0 Å². The monoisotopic (exact) mass is 385 g/mol. The van der Waals surface area contributed by atoms with Crippen LogP contribution in [0.2, 0.25) is 0 Å². The molecule has 0 N–H and O–H groups in total. The lowest BCUT2D eigenvalue weighted by molar-refractivity contribution is -0.122. The van der Waals surface area contributed by atoms with Crippen LogP contribution in [0.3, 0.4) is 0 Å². The maximum absolute atomic E-state index is 12.8. The van der Waals surface area contributed by atoms with E-state index in [-0.39, 0.29) is 11.9 Å². The normalized spacial score (nSPS) is 17.3. The summed E-state index contributed by atoms with van der Waals surface area (Å²) < 4.78 is 2.10. The fourth-order valence-corrected chi connectivity index (χ4v) is 3.68. The number of piperazine rings is 1. The summed E-state index contributed by atoms with van der Waals surface area (Å²) >= 11 is 0. The van der Waals surface area contributed by atoms with E-state index in [9.17, 15) is 4.79 Å². The van der Waals surface area contributed by atoms with Gasteiger partial charge in [0.2, 0.25) is 5.91 Å². The number of carbonyl (C=O) groups excluding carboxylic acids is 1. The van der Waals surface area contributed by atoms with Crippen molar-refractivity contribution in [2.24, 2.45) is 0 Å². The van der Waals surface area contributed by atoms with Crippen molar-refractivity contribution < 1.29 is 4.79 Å².